The van der Waals surface area contributed by atoms with Crippen molar-refractivity contribution >= 4 is 11.9 Å². The first-order chi connectivity index (χ1) is 29.6. The second kappa shape index (κ2) is 49.9. The summed E-state index contributed by atoms with van der Waals surface area (Å²) < 4.78 is 17.3. The summed E-state index contributed by atoms with van der Waals surface area (Å²) >= 11 is 0. The fourth-order valence-corrected chi connectivity index (χ4v) is 6.18. The van der Waals surface area contributed by atoms with Crippen LogP contribution in [0.3, 0.4) is 0 Å². The van der Waals surface area contributed by atoms with E-state index in [9.17, 15) is 9.59 Å². The molecule has 60 heavy (non-hydrogen) atoms. The number of ether oxygens (including phenoxy) is 3. The molecule has 1 unspecified atom stereocenters. The molecule has 0 aromatic heterocycles. The standard InChI is InChI=1S/C55H90O5/c1-4-7-10-13-16-19-22-25-27-28-30-31-33-36-39-42-45-48-54(56)59-52-53(51-58-50-47-44-41-38-35-24-21-18-15-12-9-6-3)60-55(57)49-46-43-40-37-34-32-29-26-23-20-17-14-11-8-5-2/h7-8,10-11,15-20,25-27,29-31,34,37,53H,4-6,9,12-14,21-24,28,32-33,35-36,38-52H2,1-3H3/b10-7-,11-8-,18-15-,19-16-,20-17-,27-25-,29-26-,31-30-,37-34-. The molecule has 0 N–H and O–H groups in total. The molecule has 0 saturated carbocycles. The van der Waals surface area contributed by atoms with E-state index in [1.165, 1.54) is 51.4 Å². The number of hydrogen-bond donors (Lipinski definition) is 0. The van der Waals surface area contributed by atoms with Crippen LogP contribution in [0.2, 0.25) is 0 Å². The van der Waals surface area contributed by atoms with Gasteiger partial charge in [0.15, 0.2) is 6.10 Å². The Bertz CT molecular complexity index is 1210. The highest BCUT2D eigenvalue weighted by molar-refractivity contribution is 5.70. The average molecular weight is 831 g/mol. The second-order valence-corrected chi connectivity index (χ2v) is 15.6. The molecule has 0 bridgehead atoms. The van der Waals surface area contributed by atoms with E-state index in [0.717, 1.165) is 116 Å². The van der Waals surface area contributed by atoms with Gasteiger partial charge in [-0.3, -0.25) is 9.59 Å². The topological polar surface area (TPSA) is 61.8 Å². The quantitative estimate of drug-likeness (QED) is 0.0348. The Labute approximate surface area is 370 Å². The summed E-state index contributed by atoms with van der Waals surface area (Å²) in [6.45, 7) is 7.47. The minimum absolute atomic E-state index is 0.0469. The molecular formula is C55H90O5. The van der Waals surface area contributed by atoms with Crippen molar-refractivity contribution < 1.29 is 23.8 Å². The van der Waals surface area contributed by atoms with Gasteiger partial charge in [-0.25, -0.2) is 0 Å². The lowest BCUT2D eigenvalue weighted by atomic mass is 10.1. The Morgan fingerprint density at radius 1 is 0.383 bits per heavy atom. The molecule has 1 atom stereocenters. The third kappa shape index (κ3) is 47.2. The van der Waals surface area contributed by atoms with Crippen LogP contribution in [-0.2, 0) is 23.8 Å². The van der Waals surface area contributed by atoms with Crippen LogP contribution in [0, 0.1) is 0 Å². The highest BCUT2D eigenvalue weighted by atomic mass is 16.6. The SMILES string of the molecule is CC/C=C\C/C=C\C/C=C\C/C=C\CCCCCCC(=O)OCC(COCCCCCCCC/C=C\CCCC)OC(=O)CCCC/C=C\C/C=C\C/C=C\C/C=C\CC. The lowest BCUT2D eigenvalue weighted by Gasteiger charge is -2.18. The molecule has 0 fully saturated rings. The number of carbonyl (C=O) groups is 2. The van der Waals surface area contributed by atoms with Crippen LogP contribution in [0.1, 0.15) is 201 Å². The molecule has 0 aliphatic carbocycles. The summed E-state index contributed by atoms with van der Waals surface area (Å²) in [7, 11) is 0. The fourth-order valence-electron chi connectivity index (χ4n) is 6.18. The molecule has 0 aromatic rings. The largest absolute Gasteiger partial charge is 0.462 e. The Hall–Kier alpha value is -3.44. The predicted octanol–water partition coefficient (Wildman–Crippen LogP) is 16.4. The summed E-state index contributed by atoms with van der Waals surface area (Å²) in [5.74, 6) is -0.484. The van der Waals surface area contributed by atoms with Crippen molar-refractivity contribution in [1.29, 1.82) is 0 Å². The first-order valence-corrected chi connectivity index (χ1v) is 24.4. The van der Waals surface area contributed by atoms with Gasteiger partial charge in [0.1, 0.15) is 6.61 Å². The lowest BCUT2D eigenvalue weighted by Crippen LogP contribution is -2.30. The molecule has 340 valence electrons. The molecule has 0 amide bonds. The van der Waals surface area contributed by atoms with E-state index >= 15 is 0 Å². The van der Waals surface area contributed by atoms with Crippen LogP contribution in [0.5, 0.6) is 0 Å². The maximum atomic E-state index is 12.8. The van der Waals surface area contributed by atoms with Gasteiger partial charge in [0, 0.05) is 19.4 Å². The predicted molar refractivity (Wildman–Crippen MR) is 260 cm³/mol. The fraction of sp³-hybridized carbons (Fsp3) is 0.636. The minimum Gasteiger partial charge on any atom is -0.462 e. The maximum absolute atomic E-state index is 12.8. The summed E-state index contributed by atoms with van der Waals surface area (Å²) in [5, 5.41) is 0. The van der Waals surface area contributed by atoms with Crippen LogP contribution in [-0.4, -0.2) is 37.9 Å². The highest BCUT2D eigenvalue weighted by Crippen LogP contribution is 2.11. The normalized spacial score (nSPS) is 13.2. The Balaban J connectivity index is 4.40. The third-order valence-corrected chi connectivity index (χ3v) is 9.77. The smallest absolute Gasteiger partial charge is 0.306 e. The third-order valence-electron chi connectivity index (χ3n) is 9.77. The summed E-state index contributed by atoms with van der Waals surface area (Å²) in [4.78, 5) is 25.3. The van der Waals surface area contributed by atoms with Crippen molar-refractivity contribution in [1.82, 2.24) is 0 Å². The number of esters is 2. The number of rotatable bonds is 43. The zero-order valence-electron chi connectivity index (χ0n) is 38.9. The van der Waals surface area contributed by atoms with Crippen molar-refractivity contribution in [3.05, 3.63) is 109 Å². The molecule has 0 spiro atoms. The lowest BCUT2D eigenvalue weighted by molar-refractivity contribution is -0.163. The number of carbonyl (C=O) groups excluding carboxylic acids is 2. The average Bonchev–Trinajstić information content (AvgIpc) is 3.25. The Kier molecular flexibility index (Phi) is 47.1. The molecule has 0 radical (unpaired) electrons. The monoisotopic (exact) mass is 831 g/mol. The molecule has 0 aliphatic rings. The van der Waals surface area contributed by atoms with Gasteiger partial charge < -0.3 is 14.2 Å². The minimum atomic E-state index is -0.577. The zero-order chi connectivity index (χ0) is 43.5. The van der Waals surface area contributed by atoms with Crippen LogP contribution in [0.25, 0.3) is 0 Å². The van der Waals surface area contributed by atoms with Crippen molar-refractivity contribution in [2.75, 3.05) is 19.8 Å². The summed E-state index contributed by atoms with van der Waals surface area (Å²) in [6.07, 6.45) is 68.1. The molecule has 0 aromatic carbocycles. The summed E-state index contributed by atoms with van der Waals surface area (Å²) in [6, 6.07) is 0. The number of allylic oxidation sites excluding steroid dienone is 18. The maximum Gasteiger partial charge on any atom is 0.306 e. The molecular weight excluding hydrogens is 741 g/mol. The van der Waals surface area contributed by atoms with Gasteiger partial charge in [-0.2, -0.15) is 0 Å². The van der Waals surface area contributed by atoms with E-state index in [4.69, 9.17) is 14.2 Å². The number of unbranched alkanes of at least 4 members (excludes halogenated alkanes) is 14. The molecule has 0 heterocycles. The van der Waals surface area contributed by atoms with Gasteiger partial charge in [0.25, 0.3) is 0 Å². The first-order valence-electron chi connectivity index (χ1n) is 24.4. The van der Waals surface area contributed by atoms with Gasteiger partial charge >= 0.3 is 11.9 Å². The highest BCUT2D eigenvalue weighted by Gasteiger charge is 2.17. The second-order valence-electron chi connectivity index (χ2n) is 15.6. The van der Waals surface area contributed by atoms with Crippen LogP contribution in [0.4, 0.5) is 0 Å². The molecule has 0 rings (SSSR count). The van der Waals surface area contributed by atoms with E-state index in [0.29, 0.717) is 19.4 Å². The number of hydrogen-bond acceptors (Lipinski definition) is 5. The Morgan fingerprint density at radius 2 is 0.750 bits per heavy atom. The van der Waals surface area contributed by atoms with E-state index in [2.05, 4.69) is 130 Å². The van der Waals surface area contributed by atoms with Crippen molar-refractivity contribution in [3.8, 4) is 0 Å². The van der Waals surface area contributed by atoms with Crippen LogP contribution >= 0.6 is 0 Å². The van der Waals surface area contributed by atoms with Gasteiger partial charge in [-0.15, -0.1) is 0 Å². The van der Waals surface area contributed by atoms with E-state index < -0.39 is 6.10 Å². The van der Waals surface area contributed by atoms with Gasteiger partial charge in [0.05, 0.1) is 6.61 Å². The zero-order valence-corrected chi connectivity index (χ0v) is 38.9. The summed E-state index contributed by atoms with van der Waals surface area (Å²) in [5.41, 5.74) is 0. The molecule has 0 saturated heterocycles. The molecule has 0 aliphatic heterocycles. The van der Waals surface area contributed by atoms with E-state index in [1.54, 1.807) is 0 Å². The van der Waals surface area contributed by atoms with E-state index in [-0.39, 0.29) is 25.2 Å². The first kappa shape index (κ1) is 56.6. The van der Waals surface area contributed by atoms with Gasteiger partial charge in [-0.1, -0.05) is 182 Å². The van der Waals surface area contributed by atoms with Crippen molar-refractivity contribution in [2.45, 2.75) is 207 Å². The van der Waals surface area contributed by atoms with Crippen molar-refractivity contribution in [2.24, 2.45) is 0 Å². The Morgan fingerprint density at radius 3 is 1.25 bits per heavy atom. The molecule has 5 heteroatoms. The van der Waals surface area contributed by atoms with E-state index in [1.807, 2.05) is 0 Å². The van der Waals surface area contributed by atoms with Crippen molar-refractivity contribution in [3.63, 3.8) is 0 Å². The van der Waals surface area contributed by atoms with Gasteiger partial charge in [-0.05, 0) is 116 Å². The van der Waals surface area contributed by atoms with Gasteiger partial charge in [0.2, 0.25) is 0 Å². The van der Waals surface area contributed by atoms with Crippen LogP contribution in [0.15, 0.2) is 109 Å². The van der Waals surface area contributed by atoms with Crippen LogP contribution < -0.4 is 0 Å². The molecule has 5 nitrogen and oxygen atoms in total.